The number of esters is 1. The van der Waals surface area contributed by atoms with Gasteiger partial charge in [0.25, 0.3) is 0 Å². The molecule has 0 radical (unpaired) electrons. The molecule has 1 fully saturated rings. The molecule has 1 rings (SSSR count). The summed E-state index contributed by atoms with van der Waals surface area (Å²) in [6.45, 7) is 6.33. The second-order valence-electron chi connectivity index (χ2n) is 5.06. The van der Waals surface area contributed by atoms with Crippen molar-refractivity contribution in [3.63, 3.8) is 0 Å². The van der Waals surface area contributed by atoms with Crippen LogP contribution < -0.4 is 0 Å². The topological polar surface area (TPSA) is 76.1 Å². The molecule has 1 heterocycles. The Morgan fingerprint density at radius 2 is 1.94 bits per heavy atom. The van der Waals surface area contributed by atoms with E-state index in [1.54, 1.807) is 0 Å². The molecule has 0 aromatic carbocycles. The lowest BCUT2D eigenvalue weighted by Gasteiger charge is -2.22. The molecule has 1 N–H and O–H groups in total. The average molecular weight is 261 g/mol. The number of carbonyl (C=O) groups excluding carboxylic acids is 1. The van der Waals surface area contributed by atoms with Gasteiger partial charge in [0.1, 0.15) is 6.04 Å². The van der Waals surface area contributed by atoms with Gasteiger partial charge in [-0.1, -0.05) is 0 Å². The number of rotatable bonds is 3. The number of amides is 1. The fourth-order valence-electron chi connectivity index (χ4n) is 1.95. The van der Waals surface area contributed by atoms with E-state index in [-0.39, 0.29) is 12.6 Å². The monoisotopic (exact) mass is 261 g/mol. The van der Waals surface area contributed by atoms with Crippen molar-refractivity contribution in [3.8, 4) is 0 Å². The lowest BCUT2D eigenvalue weighted by atomic mass is 10.2. The molecule has 2 atom stereocenters. The zero-order chi connectivity index (χ0) is 13.2. The number of likely N-dealkylation sites (tertiary alicyclic amines) is 1. The van der Waals surface area contributed by atoms with Gasteiger partial charge in [-0.05, 0) is 19.6 Å². The Balaban J connectivity index is 2.72. The van der Waals surface area contributed by atoms with Crippen LogP contribution in [0.4, 0.5) is 4.79 Å². The van der Waals surface area contributed by atoms with Crippen LogP contribution in [0.2, 0.25) is 19.6 Å². The Morgan fingerprint density at radius 3 is 2.35 bits per heavy atom. The molecule has 1 amide bonds. The molecular formula is C10H19NO5Si. The van der Waals surface area contributed by atoms with Crippen molar-refractivity contribution in [1.82, 2.24) is 4.90 Å². The number of nitrogens with zero attached hydrogens (tertiary/aromatic N) is 1. The third-order valence-corrected chi connectivity index (χ3v) is 3.54. The van der Waals surface area contributed by atoms with Crippen molar-refractivity contribution >= 4 is 20.4 Å². The highest BCUT2D eigenvalue weighted by atomic mass is 28.4. The number of hydrogen-bond acceptors (Lipinski definition) is 4. The summed E-state index contributed by atoms with van der Waals surface area (Å²) in [7, 11) is -0.474. The molecule has 1 aliphatic rings. The van der Waals surface area contributed by atoms with E-state index in [9.17, 15) is 9.59 Å². The highest BCUT2D eigenvalue weighted by Gasteiger charge is 2.42. The highest BCUT2D eigenvalue weighted by molar-refractivity contribution is 6.69. The van der Waals surface area contributed by atoms with Crippen LogP contribution >= 0.6 is 0 Å². The van der Waals surface area contributed by atoms with E-state index in [4.69, 9.17) is 9.53 Å². The average Bonchev–Trinajstić information content (AvgIpc) is 2.57. The van der Waals surface area contributed by atoms with Crippen LogP contribution in [0.3, 0.4) is 0 Å². The van der Waals surface area contributed by atoms with Crippen LogP contribution in [-0.4, -0.2) is 56.2 Å². The maximum Gasteiger partial charge on any atom is 0.408 e. The quantitative estimate of drug-likeness (QED) is 0.609. The number of carbonyl (C=O) groups is 2. The third kappa shape index (κ3) is 3.71. The first-order valence-corrected chi connectivity index (χ1v) is 8.90. The minimum atomic E-state index is -1.73. The van der Waals surface area contributed by atoms with Crippen molar-refractivity contribution in [2.75, 3.05) is 13.7 Å². The highest BCUT2D eigenvalue weighted by Crippen LogP contribution is 2.24. The molecule has 1 saturated heterocycles. The summed E-state index contributed by atoms with van der Waals surface area (Å²) in [4.78, 5) is 23.6. The van der Waals surface area contributed by atoms with E-state index in [1.807, 2.05) is 19.6 Å². The summed E-state index contributed by atoms with van der Waals surface area (Å²) in [5.41, 5.74) is 0. The minimum absolute atomic E-state index is 0.207. The van der Waals surface area contributed by atoms with Gasteiger partial charge in [0, 0.05) is 13.0 Å². The van der Waals surface area contributed by atoms with E-state index >= 15 is 0 Å². The maximum atomic E-state index is 11.5. The molecule has 0 saturated carbocycles. The number of carboxylic acid groups (broad SMARTS) is 1. The summed E-state index contributed by atoms with van der Waals surface area (Å²) < 4.78 is 10.4. The Labute approximate surface area is 102 Å². The van der Waals surface area contributed by atoms with Crippen molar-refractivity contribution in [1.29, 1.82) is 0 Å². The van der Waals surface area contributed by atoms with Gasteiger partial charge >= 0.3 is 12.1 Å². The third-order valence-electron chi connectivity index (χ3n) is 2.50. The minimum Gasteiger partial charge on any atom is -0.467 e. The van der Waals surface area contributed by atoms with Crippen LogP contribution in [0.25, 0.3) is 0 Å². The van der Waals surface area contributed by atoms with E-state index in [2.05, 4.69) is 4.74 Å². The van der Waals surface area contributed by atoms with Gasteiger partial charge in [-0.2, -0.15) is 0 Å². The fraction of sp³-hybridized carbons (Fsp3) is 0.800. The molecule has 1 aliphatic heterocycles. The molecule has 98 valence electrons. The van der Waals surface area contributed by atoms with Gasteiger partial charge in [-0.25, -0.2) is 9.59 Å². The van der Waals surface area contributed by atoms with Gasteiger partial charge in [0.05, 0.1) is 13.2 Å². The molecule has 17 heavy (non-hydrogen) atoms. The van der Waals surface area contributed by atoms with Gasteiger partial charge < -0.3 is 14.3 Å². The number of hydrogen-bond donors (Lipinski definition) is 1. The molecule has 2 unspecified atom stereocenters. The fourth-order valence-corrected chi connectivity index (χ4v) is 3.12. The Morgan fingerprint density at radius 1 is 1.35 bits per heavy atom. The first-order chi connectivity index (χ1) is 7.74. The molecule has 0 aromatic rings. The van der Waals surface area contributed by atoms with E-state index in [1.165, 1.54) is 7.11 Å². The van der Waals surface area contributed by atoms with Gasteiger partial charge in [-0.15, -0.1) is 0 Å². The second kappa shape index (κ2) is 5.05. The normalized spacial score (nSPS) is 24.8. The van der Waals surface area contributed by atoms with E-state index < -0.39 is 26.4 Å². The molecule has 0 aromatic heterocycles. The van der Waals surface area contributed by atoms with E-state index in [0.29, 0.717) is 6.42 Å². The van der Waals surface area contributed by atoms with Gasteiger partial charge in [0.2, 0.25) is 0 Å². The first-order valence-electron chi connectivity index (χ1n) is 5.50. The Hall–Kier alpha value is -1.08. The lowest BCUT2D eigenvalue weighted by molar-refractivity contribution is -0.145. The predicted octanol–water partition coefficient (Wildman–Crippen LogP) is 1.13. The zero-order valence-corrected chi connectivity index (χ0v) is 11.6. The molecule has 6 nitrogen and oxygen atoms in total. The maximum absolute atomic E-state index is 11.5. The van der Waals surface area contributed by atoms with Crippen molar-refractivity contribution in [2.45, 2.75) is 38.2 Å². The predicted molar refractivity (Wildman–Crippen MR) is 63.4 cm³/mol. The Kier molecular flexibility index (Phi) is 4.15. The van der Waals surface area contributed by atoms with Crippen molar-refractivity contribution in [3.05, 3.63) is 0 Å². The van der Waals surface area contributed by atoms with Crippen molar-refractivity contribution < 1.29 is 23.9 Å². The van der Waals surface area contributed by atoms with Gasteiger partial charge in [-0.3, -0.25) is 4.90 Å². The number of methoxy groups -OCH3 is 1. The summed E-state index contributed by atoms with van der Waals surface area (Å²) in [6.07, 6.45) is -0.938. The number of ether oxygens (including phenoxy) is 1. The summed E-state index contributed by atoms with van der Waals surface area (Å²) in [5.74, 6) is -0.519. The van der Waals surface area contributed by atoms with Crippen LogP contribution in [0.5, 0.6) is 0 Å². The summed E-state index contributed by atoms with van der Waals surface area (Å²) in [5, 5.41) is 9.02. The summed E-state index contributed by atoms with van der Waals surface area (Å²) >= 11 is 0. The lowest BCUT2D eigenvalue weighted by Crippen LogP contribution is -2.40. The van der Waals surface area contributed by atoms with E-state index in [0.717, 1.165) is 4.90 Å². The van der Waals surface area contributed by atoms with Crippen LogP contribution in [-0.2, 0) is 14.0 Å². The molecule has 7 heteroatoms. The SMILES string of the molecule is COC(=O)C1CC(O[Si](C)(C)C)CN1C(=O)O. The smallest absolute Gasteiger partial charge is 0.408 e. The Bertz CT molecular complexity index is 314. The largest absolute Gasteiger partial charge is 0.467 e. The molecule has 0 aliphatic carbocycles. The summed E-state index contributed by atoms with van der Waals surface area (Å²) in [6, 6.07) is -0.737. The van der Waals surface area contributed by atoms with Crippen LogP contribution in [0.1, 0.15) is 6.42 Å². The van der Waals surface area contributed by atoms with Crippen LogP contribution in [0.15, 0.2) is 0 Å². The first kappa shape index (κ1) is 14.0. The van der Waals surface area contributed by atoms with Gasteiger partial charge in [0.15, 0.2) is 8.32 Å². The molecule has 0 bridgehead atoms. The molecule has 0 spiro atoms. The standard InChI is InChI=1S/C10H19NO5Si/c1-15-9(12)8-5-7(16-17(2,3)4)6-11(8)10(13)14/h7-8H,5-6H2,1-4H3,(H,13,14). The molecular weight excluding hydrogens is 242 g/mol. The van der Waals surface area contributed by atoms with Crippen LogP contribution in [0, 0.1) is 0 Å². The van der Waals surface area contributed by atoms with Crippen molar-refractivity contribution in [2.24, 2.45) is 0 Å². The second-order valence-corrected chi connectivity index (χ2v) is 9.52. The zero-order valence-electron chi connectivity index (χ0n) is 10.6.